The maximum atomic E-state index is 3.60. The molecule has 2 saturated carbocycles. The van der Waals surface area contributed by atoms with Crippen molar-refractivity contribution in [1.29, 1.82) is 0 Å². The monoisotopic (exact) mass is 258 g/mol. The van der Waals surface area contributed by atoms with Gasteiger partial charge in [-0.1, -0.05) is 6.07 Å². The first-order valence-corrected chi connectivity index (χ1v) is 7.84. The summed E-state index contributed by atoms with van der Waals surface area (Å²) in [5.74, 6) is 0.955. The molecule has 0 atom stereocenters. The number of nitrogens with one attached hydrogen (secondary N) is 1. The quantitative estimate of drug-likeness (QED) is 0.805. The van der Waals surface area contributed by atoms with Crippen molar-refractivity contribution < 1.29 is 0 Å². The van der Waals surface area contributed by atoms with Crippen molar-refractivity contribution in [3.63, 3.8) is 0 Å². The Kier molecular flexibility index (Phi) is 3.79. The molecular formula is C17H26N2. The molecule has 0 aliphatic heterocycles. The van der Waals surface area contributed by atoms with E-state index in [9.17, 15) is 0 Å². The van der Waals surface area contributed by atoms with E-state index in [1.165, 1.54) is 49.0 Å². The fourth-order valence-electron chi connectivity index (χ4n) is 2.65. The van der Waals surface area contributed by atoms with Gasteiger partial charge in [0, 0.05) is 31.4 Å². The van der Waals surface area contributed by atoms with Crippen LogP contribution in [0.4, 0.5) is 5.69 Å². The van der Waals surface area contributed by atoms with Crippen molar-refractivity contribution in [3.8, 4) is 0 Å². The van der Waals surface area contributed by atoms with E-state index < -0.39 is 0 Å². The third kappa shape index (κ3) is 3.50. The molecule has 0 unspecified atom stereocenters. The molecule has 1 aromatic rings. The summed E-state index contributed by atoms with van der Waals surface area (Å²) in [5, 5.41) is 3.60. The van der Waals surface area contributed by atoms with Gasteiger partial charge in [0.1, 0.15) is 0 Å². The van der Waals surface area contributed by atoms with Crippen LogP contribution in [0, 0.1) is 12.8 Å². The number of aryl methyl sites for hydroxylation is 1. The number of hydrogen-bond donors (Lipinski definition) is 1. The van der Waals surface area contributed by atoms with Gasteiger partial charge in [0.15, 0.2) is 0 Å². The Hall–Kier alpha value is -1.02. The van der Waals surface area contributed by atoms with Crippen LogP contribution in [0.2, 0.25) is 0 Å². The van der Waals surface area contributed by atoms with E-state index in [2.05, 4.69) is 42.3 Å². The molecule has 19 heavy (non-hydrogen) atoms. The molecule has 2 nitrogen and oxygen atoms in total. The summed E-state index contributed by atoms with van der Waals surface area (Å²) < 4.78 is 0. The van der Waals surface area contributed by atoms with Crippen LogP contribution in [0.25, 0.3) is 0 Å². The molecule has 1 N–H and O–H groups in total. The number of rotatable bonds is 7. The van der Waals surface area contributed by atoms with Crippen LogP contribution in [-0.4, -0.2) is 19.1 Å². The maximum absolute atomic E-state index is 3.60. The summed E-state index contributed by atoms with van der Waals surface area (Å²) in [6.07, 6.45) is 5.59. The maximum Gasteiger partial charge on any atom is 0.0369 e. The minimum Gasteiger partial charge on any atom is -0.372 e. The lowest BCUT2D eigenvalue weighted by molar-refractivity contribution is 0.684. The molecule has 2 heteroatoms. The first-order chi connectivity index (χ1) is 9.26. The summed E-state index contributed by atoms with van der Waals surface area (Å²) in [6, 6.07) is 7.79. The highest BCUT2D eigenvalue weighted by molar-refractivity contribution is 5.51. The predicted octanol–water partition coefficient (Wildman–Crippen LogP) is 3.48. The minimum atomic E-state index is 0.793. The molecule has 0 aromatic heterocycles. The highest BCUT2D eigenvalue weighted by Gasteiger charge is 2.24. The smallest absolute Gasteiger partial charge is 0.0369 e. The van der Waals surface area contributed by atoms with E-state index in [1.54, 1.807) is 0 Å². The van der Waals surface area contributed by atoms with Crippen molar-refractivity contribution >= 4 is 5.69 Å². The van der Waals surface area contributed by atoms with E-state index in [0.717, 1.165) is 25.0 Å². The van der Waals surface area contributed by atoms with Gasteiger partial charge in [-0.2, -0.15) is 0 Å². The second-order valence-corrected chi connectivity index (χ2v) is 6.25. The molecule has 0 bridgehead atoms. The molecule has 0 heterocycles. The van der Waals surface area contributed by atoms with Gasteiger partial charge in [0.2, 0.25) is 0 Å². The van der Waals surface area contributed by atoms with Gasteiger partial charge in [-0.15, -0.1) is 0 Å². The van der Waals surface area contributed by atoms with Crippen molar-refractivity contribution in [2.75, 3.05) is 18.0 Å². The number of nitrogens with zero attached hydrogens (tertiary/aromatic N) is 1. The Labute approximate surface area is 117 Å². The van der Waals surface area contributed by atoms with Gasteiger partial charge >= 0.3 is 0 Å². The van der Waals surface area contributed by atoms with Gasteiger partial charge in [-0.25, -0.2) is 0 Å². The molecule has 2 aliphatic carbocycles. The Bertz CT molecular complexity index is 433. The first-order valence-electron chi connectivity index (χ1n) is 7.84. The second-order valence-electron chi connectivity index (χ2n) is 6.25. The molecule has 2 fully saturated rings. The first kappa shape index (κ1) is 13.0. The van der Waals surface area contributed by atoms with E-state index in [-0.39, 0.29) is 0 Å². The minimum absolute atomic E-state index is 0.793. The number of hydrogen-bond acceptors (Lipinski definition) is 2. The molecular weight excluding hydrogens is 232 g/mol. The standard InChI is InChI=1S/C17H26N2/c1-3-19(12-14-4-5-14)17-9-6-15(13(2)10-17)11-18-16-7-8-16/h6,9-10,14,16,18H,3-5,7-8,11-12H2,1-2H3. The van der Waals surface area contributed by atoms with Gasteiger partial charge in [-0.3, -0.25) is 0 Å². The van der Waals surface area contributed by atoms with Gasteiger partial charge in [0.25, 0.3) is 0 Å². The van der Waals surface area contributed by atoms with E-state index in [1.807, 2.05) is 0 Å². The molecule has 0 saturated heterocycles. The second kappa shape index (κ2) is 5.54. The molecule has 0 amide bonds. The number of benzene rings is 1. The van der Waals surface area contributed by atoms with Crippen molar-refractivity contribution in [1.82, 2.24) is 5.32 Å². The summed E-state index contributed by atoms with van der Waals surface area (Å²) in [7, 11) is 0. The third-order valence-electron chi connectivity index (χ3n) is 4.41. The summed E-state index contributed by atoms with van der Waals surface area (Å²) >= 11 is 0. The van der Waals surface area contributed by atoms with Crippen LogP contribution in [-0.2, 0) is 6.54 Å². The van der Waals surface area contributed by atoms with Crippen molar-refractivity contribution in [2.24, 2.45) is 5.92 Å². The summed E-state index contributed by atoms with van der Waals surface area (Å²) in [6.45, 7) is 7.91. The van der Waals surface area contributed by atoms with E-state index >= 15 is 0 Å². The summed E-state index contributed by atoms with van der Waals surface area (Å²) in [4.78, 5) is 2.53. The molecule has 104 valence electrons. The SMILES string of the molecule is CCN(CC1CC1)c1ccc(CNC2CC2)c(C)c1. The van der Waals surface area contributed by atoms with Gasteiger partial charge in [-0.05, 0) is 68.7 Å². The topological polar surface area (TPSA) is 15.3 Å². The van der Waals surface area contributed by atoms with Crippen LogP contribution >= 0.6 is 0 Å². The van der Waals surface area contributed by atoms with E-state index in [4.69, 9.17) is 0 Å². The normalized spacial score (nSPS) is 18.6. The molecule has 1 aromatic carbocycles. The Morgan fingerprint density at radius 2 is 2.00 bits per heavy atom. The van der Waals surface area contributed by atoms with Crippen molar-refractivity contribution in [3.05, 3.63) is 29.3 Å². The highest BCUT2D eigenvalue weighted by Crippen LogP contribution is 2.31. The zero-order chi connectivity index (χ0) is 13.2. The van der Waals surface area contributed by atoms with Crippen LogP contribution in [0.15, 0.2) is 18.2 Å². The molecule has 3 rings (SSSR count). The molecule has 0 radical (unpaired) electrons. The van der Waals surface area contributed by atoms with Crippen LogP contribution in [0.5, 0.6) is 0 Å². The Morgan fingerprint density at radius 1 is 1.21 bits per heavy atom. The average Bonchev–Trinajstić information content (AvgIpc) is 3.28. The summed E-state index contributed by atoms with van der Waals surface area (Å²) in [5.41, 5.74) is 4.29. The van der Waals surface area contributed by atoms with E-state index in [0.29, 0.717) is 0 Å². The fraction of sp³-hybridized carbons (Fsp3) is 0.647. The third-order valence-corrected chi connectivity index (χ3v) is 4.41. The number of anilines is 1. The zero-order valence-corrected chi connectivity index (χ0v) is 12.3. The fourth-order valence-corrected chi connectivity index (χ4v) is 2.65. The lowest BCUT2D eigenvalue weighted by Gasteiger charge is -2.24. The van der Waals surface area contributed by atoms with Gasteiger partial charge < -0.3 is 10.2 Å². The zero-order valence-electron chi connectivity index (χ0n) is 12.3. The van der Waals surface area contributed by atoms with Gasteiger partial charge in [0.05, 0.1) is 0 Å². The van der Waals surface area contributed by atoms with Crippen molar-refractivity contribution in [2.45, 2.75) is 52.1 Å². The Balaban J connectivity index is 1.65. The average molecular weight is 258 g/mol. The largest absolute Gasteiger partial charge is 0.372 e. The predicted molar refractivity (Wildman–Crippen MR) is 81.7 cm³/mol. The lowest BCUT2D eigenvalue weighted by Crippen LogP contribution is -2.25. The van der Waals surface area contributed by atoms with Crippen LogP contribution < -0.4 is 10.2 Å². The van der Waals surface area contributed by atoms with Crippen LogP contribution in [0.3, 0.4) is 0 Å². The molecule has 2 aliphatic rings. The lowest BCUT2D eigenvalue weighted by atomic mass is 10.1. The highest BCUT2D eigenvalue weighted by atomic mass is 15.1. The Morgan fingerprint density at radius 3 is 2.58 bits per heavy atom. The van der Waals surface area contributed by atoms with Crippen LogP contribution in [0.1, 0.15) is 43.7 Å². The molecule has 0 spiro atoms.